The maximum Gasteiger partial charge on any atom is 0.274 e. The zero-order valence-electron chi connectivity index (χ0n) is 20.0. The maximum atomic E-state index is 13.0. The number of hydrogen-bond donors (Lipinski definition) is 2. The zero-order valence-corrected chi connectivity index (χ0v) is 20.0. The molecule has 1 fully saturated rings. The number of ether oxygens (including phenoxy) is 2. The molecule has 1 aliphatic heterocycles. The van der Waals surface area contributed by atoms with Crippen LogP contribution in [0.3, 0.4) is 0 Å². The van der Waals surface area contributed by atoms with Crippen LogP contribution in [-0.2, 0) is 4.74 Å². The van der Waals surface area contributed by atoms with Gasteiger partial charge in [-0.15, -0.1) is 0 Å². The van der Waals surface area contributed by atoms with E-state index in [4.69, 9.17) is 9.47 Å². The third-order valence-corrected chi connectivity index (χ3v) is 5.39. The van der Waals surface area contributed by atoms with Gasteiger partial charge < -0.3 is 25.0 Å². The summed E-state index contributed by atoms with van der Waals surface area (Å²) in [7, 11) is 1.86. The maximum absolute atomic E-state index is 13.0. The Morgan fingerprint density at radius 1 is 1.09 bits per heavy atom. The highest BCUT2D eigenvalue weighted by Crippen LogP contribution is 2.19. The zero-order chi connectivity index (χ0) is 23.5. The van der Waals surface area contributed by atoms with Crippen molar-refractivity contribution in [2.45, 2.75) is 26.7 Å². The van der Waals surface area contributed by atoms with Crippen LogP contribution in [0.2, 0.25) is 0 Å². The predicted molar refractivity (Wildman–Crippen MR) is 132 cm³/mol. The highest BCUT2D eigenvalue weighted by molar-refractivity contribution is 6.03. The summed E-state index contributed by atoms with van der Waals surface area (Å²) in [5, 5.41) is 5.99. The highest BCUT2D eigenvalue weighted by atomic mass is 16.5. The smallest absolute Gasteiger partial charge is 0.274 e. The minimum Gasteiger partial charge on any atom is -0.476 e. The van der Waals surface area contributed by atoms with E-state index >= 15 is 0 Å². The molecule has 3 rings (SSSR count). The molecule has 0 radical (unpaired) electrons. The van der Waals surface area contributed by atoms with E-state index in [1.165, 1.54) is 0 Å². The Balaban J connectivity index is 1.76. The van der Waals surface area contributed by atoms with Crippen LogP contribution >= 0.6 is 0 Å². The van der Waals surface area contributed by atoms with Crippen LogP contribution in [-0.4, -0.2) is 80.4 Å². The average Bonchev–Trinajstić information content (AvgIpc) is 2.85. The van der Waals surface area contributed by atoms with Gasteiger partial charge in [-0.25, -0.2) is 4.98 Å². The number of nitrogens with one attached hydrogen (secondary N) is 2. The second-order valence-electron chi connectivity index (χ2n) is 7.96. The molecule has 0 spiro atoms. The molecule has 1 aliphatic rings. The molecule has 0 aliphatic carbocycles. The first-order chi connectivity index (χ1) is 16.1. The first kappa shape index (κ1) is 24.7. The molecule has 33 heavy (non-hydrogen) atoms. The van der Waals surface area contributed by atoms with Gasteiger partial charge in [0.25, 0.3) is 5.91 Å². The lowest BCUT2D eigenvalue weighted by atomic mass is 10.2. The molecule has 9 nitrogen and oxygen atoms in total. The van der Waals surface area contributed by atoms with E-state index < -0.39 is 0 Å². The van der Waals surface area contributed by atoms with Crippen LogP contribution < -0.4 is 20.3 Å². The van der Waals surface area contributed by atoms with Crippen molar-refractivity contribution in [3.63, 3.8) is 0 Å². The number of amides is 1. The molecule has 1 amide bonds. The van der Waals surface area contributed by atoms with Gasteiger partial charge in [-0.1, -0.05) is 13.8 Å². The van der Waals surface area contributed by atoms with Crippen LogP contribution in [0.1, 0.15) is 37.2 Å². The second-order valence-corrected chi connectivity index (χ2v) is 7.96. The van der Waals surface area contributed by atoms with Crippen molar-refractivity contribution in [1.82, 2.24) is 14.9 Å². The molecule has 9 heteroatoms. The molecule has 2 aromatic rings. The predicted octanol–water partition coefficient (Wildman–Crippen LogP) is 3.11. The summed E-state index contributed by atoms with van der Waals surface area (Å²) < 4.78 is 11.4. The van der Waals surface area contributed by atoms with Gasteiger partial charge in [0.15, 0.2) is 0 Å². The molecule has 2 N–H and O–H groups in total. The van der Waals surface area contributed by atoms with E-state index in [0.717, 1.165) is 64.5 Å². The normalized spacial score (nSPS) is 14.0. The summed E-state index contributed by atoms with van der Waals surface area (Å²) in [6.45, 7) is 10.5. The van der Waals surface area contributed by atoms with E-state index in [2.05, 4.69) is 44.2 Å². The molecule has 0 unspecified atom stereocenters. The Morgan fingerprint density at radius 2 is 1.76 bits per heavy atom. The first-order valence-corrected chi connectivity index (χ1v) is 11.8. The van der Waals surface area contributed by atoms with E-state index in [9.17, 15) is 4.79 Å². The average molecular weight is 457 g/mol. The van der Waals surface area contributed by atoms with Gasteiger partial charge in [0.05, 0.1) is 13.2 Å². The quantitative estimate of drug-likeness (QED) is 0.503. The molecular weight excluding hydrogens is 420 g/mol. The topological polar surface area (TPSA) is 91.8 Å². The van der Waals surface area contributed by atoms with E-state index in [1.807, 2.05) is 31.3 Å². The molecular formula is C24H36N6O3. The van der Waals surface area contributed by atoms with Gasteiger partial charge in [0, 0.05) is 57.2 Å². The first-order valence-electron chi connectivity index (χ1n) is 11.8. The fourth-order valence-corrected chi connectivity index (χ4v) is 3.62. The third kappa shape index (κ3) is 7.57. The lowest BCUT2D eigenvalue weighted by molar-refractivity contribution is 0.0320. The molecule has 2 heterocycles. The van der Waals surface area contributed by atoms with Crippen LogP contribution in [0, 0.1) is 0 Å². The van der Waals surface area contributed by atoms with E-state index in [1.54, 1.807) is 6.07 Å². The lowest BCUT2D eigenvalue weighted by Gasteiger charge is -2.26. The molecule has 0 saturated carbocycles. The molecule has 1 aromatic heterocycles. The number of benzene rings is 1. The third-order valence-electron chi connectivity index (χ3n) is 5.39. The van der Waals surface area contributed by atoms with Gasteiger partial charge in [-0.05, 0) is 37.1 Å². The summed E-state index contributed by atoms with van der Waals surface area (Å²) in [6.07, 6.45) is 1.93. The SMILES string of the molecule is CCCN(CCC)c1nc(OCCN2CCOCC2)cc(C(=O)Nc2ccc(NC)cc2)n1. The van der Waals surface area contributed by atoms with Crippen molar-refractivity contribution in [2.75, 3.05) is 75.1 Å². The van der Waals surface area contributed by atoms with Crippen molar-refractivity contribution >= 4 is 23.2 Å². The molecule has 1 aromatic carbocycles. The standard InChI is InChI=1S/C24H36N6O3/c1-4-10-30(11-5-2)24-27-21(23(31)26-20-8-6-19(25-3)7-9-20)18-22(28-24)33-17-14-29-12-15-32-16-13-29/h6-9,18,25H,4-5,10-17H2,1-3H3,(H,26,31). The summed E-state index contributed by atoms with van der Waals surface area (Å²) in [6, 6.07) is 9.14. The van der Waals surface area contributed by atoms with Crippen LogP contribution in [0.15, 0.2) is 30.3 Å². The molecule has 1 saturated heterocycles. The van der Waals surface area contributed by atoms with E-state index in [0.29, 0.717) is 24.1 Å². The fraction of sp³-hybridized carbons (Fsp3) is 0.542. The Hall–Kier alpha value is -2.91. The van der Waals surface area contributed by atoms with E-state index in [-0.39, 0.29) is 11.6 Å². The van der Waals surface area contributed by atoms with Crippen molar-refractivity contribution < 1.29 is 14.3 Å². The molecule has 180 valence electrons. The Kier molecular flexibility index (Phi) is 9.71. The van der Waals surface area contributed by atoms with Gasteiger partial charge >= 0.3 is 0 Å². The summed E-state index contributed by atoms with van der Waals surface area (Å²) in [5.74, 6) is 0.654. The molecule has 0 bridgehead atoms. The minimum absolute atomic E-state index is 0.288. The Labute approximate surface area is 196 Å². The number of carbonyl (C=O) groups excluding carboxylic acids is 1. The van der Waals surface area contributed by atoms with Crippen molar-refractivity contribution in [2.24, 2.45) is 0 Å². The largest absolute Gasteiger partial charge is 0.476 e. The number of morpholine rings is 1. The monoisotopic (exact) mass is 456 g/mol. The van der Waals surface area contributed by atoms with Crippen molar-refractivity contribution in [3.8, 4) is 5.88 Å². The minimum atomic E-state index is -0.290. The van der Waals surface area contributed by atoms with Crippen molar-refractivity contribution in [3.05, 3.63) is 36.0 Å². The van der Waals surface area contributed by atoms with Gasteiger partial charge in [-0.2, -0.15) is 4.98 Å². The number of aromatic nitrogens is 2. The van der Waals surface area contributed by atoms with Crippen molar-refractivity contribution in [1.29, 1.82) is 0 Å². The van der Waals surface area contributed by atoms with Crippen LogP contribution in [0.4, 0.5) is 17.3 Å². The highest BCUT2D eigenvalue weighted by Gasteiger charge is 2.17. The Bertz CT molecular complexity index is 865. The lowest BCUT2D eigenvalue weighted by Crippen LogP contribution is -2.38. The number of anilines is 3. The Morgan fingerprint density at radius 3 is 2.39 bits per heavy atom. The second kappa shape index (κ2) is 13.0. The number of hydrogen-bond acceptors (Lipinski definition) is 8. The van der Waals surface area contributed by atoms with Crippen LogP contribution in [0.25, 0.3) is 0 Å². The van der Waals surface area contributed by atoms with Gasteiger partial charge in [0.2, 0.25) is 11.8 Å². The summed E-state index contributed by atoms with van der Waals surface area (Å²) >= 11 is 0. The van der Waals surface area contributed by atoms with Gasteiger partial charge in [-0.3, -0.25) is 9.69 Å². The van der Waals surface area contributed by atoms with Crippen LogP contribution in [0.5, 0.6) is 5.88 Å². The number of rotatable bonds is 12. The number of nitrogens with zero attached hydrogens (tertiary/aromatic N) is 4. The number of carbonyl (C=O) groups is 1. The molecule has 0 atom stereocenters. The summed E-state index contributed by atoms with van der Waals surface area (Å²) in [5.41, 5.74) is 1.97. The fourth-order valence-electron chi connectivity index (χ4n) is 3.62. The van der Waals surface area contributed by atoms with Gasteiger partial charge in [0.1, 0.15) is 12.3 Å². The summed E-state index contributed by atoms with van der Waals surface area (Å²) in [4.78, 5) is 26.6.